The fourth-order valence-corrected chi connectivity index (χ4v) is 2.08. The zero-order chi connectivity index (χ0) is 16.7. The van der Waals surface area contributed by atoms with Crippen LogP contribution in [0.25, 0.3) is 0 Å². The highest BCUT2D eigenvalue weighted by Crippen LogP contribution is 2.30. The molecule has 0 fully saturated rings. The van der Waals surface area contributed by atoms with Gasteiger partial charge in [-0.05, 0) is 30.3 Å². The second-order valence-electron chi connectivity index (χ2n) is 4.88. The lowest BCUT2D eigenvalue weighted by molar-refractivity contribution is 0.0937. The number of rotatable bonds is 7. The molecule has 0 unspecified atom stereocenters. The molecular formula is C17H21N3O3. The Hall–Kier alpha value is -2.73. The number of para-hydroxylation sites is 2. The van der Waals surface area contributed by atoms with Crippen LogP contribution >= 0.6 is 0 Å². The van der Waals surface area contributed by atoms with Crippen LogP contribution < -0.4 is 21.1 Å². The second-order valence-corrected chi connectivity index (χ2v) is 4.88. The number of nitrogen functional groups attached to an aromatic ring is 1. The van der Waals surface area contributed by atoms with Crippen molar-refractivity contribution < 1.29 is 14.3 Å². The third kappa shape index (κ3) is 4.37. The smallest absolute Gasteiger partial charge is 0.251 e. The Morgan fingerprint density at radius 2 is 1.91 bits per heavy atom. The van der Waals surface area contributed by atoms with Gasteiger partial charge in [-0.1, -0.05) is 12.1 Å². The Balaban J connectivity index is 2.11. The molecule has 0 saturated heterocycles. The molecule has 0 aliphatic carbocycles. The van der Waals surface area contributed by atoms with Gasteiger partial charge in [0.2, 0.25) is 0 Å². The lowest BCUT2D eigenvalue weighted by atomic mass is 10.1. The number of hydrogen-bond donors (Lipinski definition) is 3. The summed E-state index contributed by atoms with van der Waals surface area (Å²) in [5, 5.41) is 5.96. The van der Waals surface area contributed by atoms with Crippen LogP contribution in [0.1, 0.15) is 10.4 Å². The van der Waals surface area contributed by atoms with Crippen molar-refractivity contribution in [1.29, 1.82) is 0 Å². The van der Waals surface area contributed by atoms with Gasteiger partial charge >= 0.3 is 0 Å². The zero-order valence-electron chi connectivity index (χ0n) is 13.3. The summed E-state index contributed by atoms with van der Waals surface area (Å²) in [5.41, 5.74) is 8.55. The number of carbonyl (C=O) groups excluding carboxylic acids is 1. The summed E-state index contributed by atoms with van der Waals surface area (Å²) in [6.07, 6.45) is 0. The molecule has 2 rings (SSSR count). The predicted molar refractivity (Wildman–Crippen MR) is 91.3 cm³/mol. The summed E-state index contributed by atoms with van der Waals surface area (Å²) in [6, 6.07) is 12.7. The van der Waals surface area contributed by atoms with E-state index in [9.17, 15) is 4.79 Å². The van der Waals surface area contributed by atoms with Crippen molar-refractivity contribution in [1.82, 2.24) is 5.32 Å². The van der Waals surface area contributed by atoms with Crippen molar-refractivity contribution in [2.75, 3.05) is 38.4 Å². The minimum Gasteiger partial charge on any atom is -0.495 e. The van der Waals surface area contributed by atoms with Crippen molar-refractivity contribution in [3.63, 3.8) is 0 Å². The van der Waals surface area contributed by atoms with Gasteiger partial charge in [-0.3, -0.25) is 4.79 Å². The summed E-state index contributed by atoms with van der Waals surface area (Å²) in [5.74, 6) is 0.533. The van der Waals surface area contributed by atoms with Gasteiger partial charge in [0.05, 0.1) is 30.8 Å². The minimum absolute atomic E-state index is 0.183. The molecule has 0 aliphatic heterocycles. The molecule has 23 heavy (non-hydrogen) atoms. The number of ether oxygens (including phenoxy) is 2. The summed E-state index contributed by atoms with van der Waals surface area (Å²) >= 11 is 0. The highest BCUT2D eigenvalue weighted by atomic mass is 16.5. The number of hydrogen-bond acceptors (Lipinski definition) is 5. The predicted octanol–water partition coefficient (Wildman–Crippen LogP) is 2.40. The third-order valence-electron chi connectivity index (χ3n) is 3.28. The number of benzene rings is 2. The maximum Gasteiger partial charge on any atom is 0.251 e. The van der Waals surface area contributed by atoms with Crippen molar-refractivity contribution in [3.05, 3.63) is 48.0 Å². The van der Waals surface area contributed by atoms with Crippen LogP contribution in [0.15, 0.2) is 42.5 Å². The van der Waals surface area contributed by atoms with Crippen LogP contribution in [0.4, 0.5) is 17.1 Å². The molecule has 2 aromatic rings. The SMILES string of the molecule is COCCNC(=O)c1ccc(Nc2ccccc2OC)c(N)c1. The van der Waals surface area contributed by atoms with E-state index in [4.69, 9.17) is 15.2 Å². The largest absolute Gasteiger partial charge is 0.495 e. The van der Waals surface area contributed by atoms with E-state index in [-0.39, 0.29) is 5.91 Å². The molecule has 0 radical (unpaired) electrons. The third-order valence-corrected chi connectivity index (χ3v) is 3.28. The van der Waals surface area contributed by atoms with Gasteiger partial charge in [-0.15, -0.1) is 0 Å². The summed E-state index contributed by atoms with van der Waals surface area (Å²) < 4.78 is 10.2. The molecule has 0 aliphatic rings. The Labute approximate surface area is 135 Å². The van der Waals surface area contributed by atoms with Crippen LogP contribution in [0.2, 0.25) is 0 Å². The molecule has 0 saturated carbocycles. The quantitative estimate of drug-likeness (QED) is 0.539. The Kier molecular flexibility index (Phi) is 5.82. The molecule has 4 N–H and O–H groups in total. The molecule has 0 atom stereocenters. The normalized spacial score (nSPS) is 10.2. The number of methoxy groups -OCH3 is 2. The molecular weight excluding hydrogens is 294 g/mol. The molecule has 122 valence electrons. The average Bonchev–Trinajstić information content (AvgIpc) is 2.57. The number of nitrogens with one attached hydrogen (secondary N) is 2. The van der Waals surface area contributed by atoms with Crippen molar-refractivity contribution >= 4 is 23.0 Å². The van der Waals surface area contributed by atoms with Crippen molar-refractivity contribution in [3.8, 4) is 5.75 Å². The number of nitrogens with two attached hydrogens (primary N) is 1. The molecule has 2 aromatic carbocycles. The van der Waals surface area contributed by atoms with Gasteiger partial charge < -0.3 is 25.8 Å². The van der Waals surface area contributed by atoms with E-state index in [0.717, 1.165) is 5.69 Å². The molecule has 1 amide bonds. The number of amides is 1. The molecule has 0 bridgehead atoms. The molecule has 6 heteroatoms. The van der Waals surface area contributed by atoms with E-state index in [1.54, 1.807) is 32.4 Å². The van der Waals surface area contributed by atoms with Crippen LogP contribution in [-0.2, 0) is 4.74 Å². The topological polar surface area (TPSA) is 85.6 Å². The van der Waals surface area contributed by atoms with E-state index in [1.807, 2.05) is 24.3 Å². The molecule has 0 spiro atoms. The maximum absolute atomic E-state index is 12.0. The van der Waals surface area contributed by atoms with E-state index in [0.29, 0.717) is 35.8 Å². The van der Waals surface area contributed by atoms with Crippen molar-refractivity contribution in [2.24, 2.45) is 0 Å². The van der Waals surface area contributed by atoms with Gasteiger partial charge in [-0.2, -0.15) is 0 Å². The molecule has 0 heterocycles. The van der Waals surface area contributed by atoms with Gasteiger partial charge in [0.1, 0.15) is 5.75 Å². The summed E-state index contributed by atoms with van der Waals surface area (Å²) in [4.78, 5) is 12.0. The number of carbonyl (C=O) groups is 1. The Bertz CT molecular complexity index is 674. The maximum atomic E-state index is 12.0. The van der Waals surface area contributed by atoms with E-state index >= 15 is 0 Å². The first-order valence-corrected chi connectivity index (χ1v) is 7.22. The van der Waals surface area contributed by atoms with Crippen LogP contribution in [-0.4, -0.2) is 33.3 Å². The highest BCUT2D eigenvalue weighted by molar-refractivity contribution is 5.96. The van der Waals surface area contributed by atoms with Crippen LogP contribution in [0.3, 0.4) is 0 Å². The summed E-state index contributed by atoms with van der Waals surface area (Å²) in [6.45, 7) is 0.922. The van der Waals surface area contributed by atoms with Gasteiger partial charge in [0.25, 0.3) is 5.91 Å². The van der Waals surface area contributed by atoms with Crippen molar-refractivity contribution in [2.45, 2.75) is 0 Å². The monoisotopic (exact) mass is 315 g/mol. The Morgan fingerprint density at radius 1 is 1.13 bits per heavy atom. The lowest BCUT2D eigenvalue weighted by Gasteiger charge is -2.13. The van der Waals surface area contributed by atoms with E-state index in [2.05, 4.69) is 10.6 Å². The standard InChI is InChI=1S/C17H21N3O3/c1-22-10-9-19-17(21)12-7-8-14(13(18)11-12)20-15-5-3-4-6-16(15)23-2/h3-8,11,20H,9-10,18H2,1-2H3,(H,19,21). The first kappa shape index (κ1) is 16.6. The zero-order valence-corrected chi connectivity index (χ0v) is 13.3. The first-order chi connectivity index (χ1) is 11.2. The first-order valence-electron chi connectivity index (χ1n) is 7.22. The second kappa shape index (κ2) is 8.05. The lowest BCUT2D eigenvalue weighted by Crippen LogP contribution is -2.27. The molecule has 6 nitrogen and oxygen atoms in total. The molecule has 0 aromatic heterocycles. The van der Waals surface area contributed by atoms with E-state index < -0.39 is 0 Å². The number of anilines is 3. The highest BCUT2D eigenvalue weighted by Gasteiger charge is 2.09. The Morgan fingerprint density at radius 3 is 2.61 bits per heavy atom. The van der Waals surface area contributed by atoms with Gasteiger partial charge in [0, 0.05) is 19.2 Å². The van der Waals surface area contributed by atoms with Gasteiger partial charge in [-0.25, -0.2) is 0 Å². The minimum atomic E-state index is -0.183. The van der Waals surface area contributed by atoms with Crippen LogP contribution in [0, 0.1) is 0 Å². The average molecular weight is 315 g/mol. The fraction of sp³-hybridized carbons (Fsp3) is 0.235. The van der Waals surface area contributed by atoms with Crippen LogP contribution in [0.5, 0.6) is 5.75 Å². The van der Waals surface area contributed by atoms with Gasteiger partial charge in [0.15, 0.2) is 0 Å². The van der Waals surface area contributed by atoms with E-state index in [1.165, 1.54) is 0 Å². The summed E-state index contributed by atoms with van der Waals surface area (Å²) in [7, 11) is 3.19. The fourth-order valence-electron chi connectivity index (χ4n) is 2.08.